The molecule has 2 amide bonds. The van der Waals surface area contributed by atoms with Crippen molar-refractivity contribution in [2.45, 2.75) is 24.2 Å². The zero-order valence-electron chi connectivity index (χ0n) is 20.5. The van der Waals surface area contributed by atoms with Gasteiger partial charge >= 0.3 is 6.03 Å². The monoisotopic (exact) mass is 699 g/mol. The van der Waals surface area contributed by atoms with Crippen LogP contribution in [0.1, 0.15) is 24.1 Å². The van der Waals surface area contributed by atoms with Crippen molar-refractivity contribution in [2.75, 3.05) is 13.7 Å². The van der Waals surface area contributed by atoms with Crippen LogP contribution in [0.25, 0.3) is 22.0 Å². The van der Waals surface area contributed by atoms with Crippen molar-refractivity contribution < 1.29 is 48.2 Å². The Morgan fingerprint density at radius 2 is 1.89 bits per heavy atom. The van der Waals surface area contributed by atoms with Crippen LogP contribution in [0.15, 0.2) is 71.8 Å². The number of amides is 2. The summed E-state index contributed by atoms with van der Waals surface area (Å²) in [5, 5.41) is 9.33. The van der Waals surface area contributed by atoms with Crippen LogP contribution in [0.2, 0.25) is 0 Å². The Morgan fingerprint density at radius 1 is 1.11 bits per heavy atom. The molecule has 0 aliphatic heterocycles. The van der Waals surface area contributed by atoms with Crippen molar-refractivity contribution >= 4 is 32.4 Å². The summed E-state index contributed by atoms with van der Waals surface area (Å²) < 4.78 is 47.6. The topological polar surface area (TPSA) is 102 Å². The second-order valence-electron chi connectivity index (χ2n) is 8.55. The van der Waals surface area contributed by atoms with Gasteiger partial charge in [-0.1, -0.05) is 48.0 Å². The number of allylic oxidation sites excluding steroid dienone is 1. The minimum Gasteiger partial charge on any atom is -0.495 e. The molecule has 1 heterocycles. The van der Waals surface area contributed by atoms with Crippen LogP contribution in [0.3, 0.4) is 0 Å². The zero-order chi connectivity index (χ0) is 26.0. The van der Waals surface area contributed by atoms with Crippen LogP contribution in [0, 0.1) is 11.9 Å². The molecule has 4 aromatic rings. The fraction of sp³-hybridized carbons (Fsp3) is 0.185. The van der Waals surface area contributed by atoms with Crippen LogP contribution in [-0.4, -0.2) is 37.9 Å². The van der Waals surface area contributed by atoms with Crippen molar-refractivity contribution in [3.05, 3.63) is 90.0 Å². The van der Waals surface area contributed by atoms with Gasteiger partial charge in [-0.2, -0.15) is 10.7 Å². The van der Waals surface area contributed by atoms with E-state index in [1.54, 1.807) is 0 Å². The second kappa shape index (κ2) is 11.6. The van der Waals surface area contributed by atoms with E-state index in [0.29, 0.717) is 0 Å². The number of nitrogens with one attached hydrogen (secondary N) is 2. The van der Waals surface area contributed by atoms with Crippen molar-refractivity contribution in [3.63, 3.8) is 0 Å². The van der Waals surface area contributed by atoms with Crippen LogP contribution in [0.4, 0.5) is 9.18 Å². The molecule has 0 spiro atoms. The van der Waals surface area contributed by atoms with Gasteiger partial charge in [-0.3, -0.25) is 0 Å². The summed E-state index contributed by atoms with van der Waals surface area (Å²) in [4.78, 5) is 11.9. The molecule has 0 radical (unpaired) electrons. The van der Waals surface area contributed by atoms with Crippen LogP contribution in [-0.2, 0) is 42.3 Å². The fourth-order valence-electron chi connectivity index (χ4n) is 4.44. The van der Waals surface area contributed by atoms with Gasteiger partial charge in [-0.25, -0.2) is 28.4 Å². The third-order valence-corrected chi connectivity index (χ3v) is 7.53. The number of aromatic nitrogens is 2. The largest absolute Gasteiger partial charge is 0.495 e. The molecule has 194 valence electrons. The number of hydrogen-bond acceptors (Lipinski definition) is 5. The first-order chi connectivity index (χ1) is 17.9. The van der Waals surface area contributed by atoms with Crippen molar-refractivity contribution in [3.8, 4) is 11.4 Å². The first-order valence-corrected chi connectivity index (χ1v) is 13.1. The smallest absolute Gasteiger partial charge is 0.327 e. The number of fused-ring (bicyclic) bond motifs is 2. The Labute approximate surface area is 238 Å². The van der Waals surface area contributed by atoms with Gasteiger partial charge in [0.1, 0.15) is 16.5 Å². The minimum atomic E-state index is -4.36. The molecule has 0 unspecified atom stereocenters. The van der Waals surface area contributed by atoms with Gasteiger partial charge in [-0.15, -0.1) is 0 Å². The molecule has 0 saturated heterocycles. The van der Waals surface area contributed by atoms with E-state index in [4.69, 9.17) is 4.74 Å². The number of rotatable bonds is 6. The van der Waals surface area contributed by atoms with E-state index < -0.39 is 26.8 Å². The van der Waals surface area contributed by atoms with E-state index in [9.17, 15) is 17.6 Å². The van der Waals surface area contributed by atoms with Crippen LogP contribution >= 0.6 is 0 Å². The van der Waals surface area contributed by atoms with Gasteiger partial charge in [0.15, 0.2) is 0 Å². The number of carbonyl (C=O) groups is 1. The van der Waals surface area contributed by atoms with E-state index in [0.717, 1.165) is 64.7 Å². The molecule has 1 aliphatic carbocycles. The molecule has 0 fully saturated rings. The van der Waals surface area contributed by atoms with Crippen molar-refractivity contribution in [1.82, 2.24) is 19.8 Å². The standard InChI is InChI=1S/C27H24FN4O4S.Hf/c1-36-24-12-10-22(28)16-25(24)37(34,35)31-27(33)29-14-13-19-7-4-8-21-17-30-32(26(19)21)23-11-9-18-5-2-3-6-20(18)15-23;/h2-3,5-6,9-12,15-17H,4,7-8,14H2,1H3,(H2,29,31,33);/q-1;. The summed E-state index contributed by atoms with van der Waals surface area (Å²) in [6, 6.07) is 16.3. The maximum absolute atomic E-state index is 13.6. The maximum atomic E-state index is 13.6. The molecule has 0 bridgehead atoms. The molecular formula is C27H24FHfN4O4S-. The fourth-order valence-corrected chi connectivity index (χ4v) is 5.55. The summed E-state index contributed by atoms with van der Waals surface area (Å²) in [7, 11) is -3.10. The van der Waals surface area contributed by atoms with Gasteiger partial charge < -0.3 is 14.7 Å². The molecule has 1 aliphatic rings. The third-order valence-electron chi connectivity index (χ3n) is 6.17. The molecule has 8 nitrogen and oxygen atoms in total. The first-order valence-electron chi connectivity index (χ1n) is 11.7. The summed E-state index contributed by atoms with van der Waals surface area (Å²) in [6.07, 6.45) is 7.60. The molecule has 2 N–H and O–H groups in total. The Hall–Kier alpha value is -3.31. The second-order valence-corrected chi connectivity index (χ2v) is 10.2. The molecule has 5 rings (SSSR count). The number of carbonyl (C=O) groups excluding carboxylic acids is 1. The van der Waals surface area contributed by atoms with Crippen molar-refractivity contribution in [1.29, 1.82) is 0 Å². The Kier molecular flexibility index (Phi) is 8.47. The first kappa shape index (κ1) is 27.7. The van der Waals surface area contributed by atoms with E-state index in [1.807, 2.05) is 39.9 Å². The van der Waals surface area contributed by atoms with E-state index in [2.05, 4.69) is 34.7 Å². The number of ether oxygens (including phenoxy) is 1. The molecule has 0 atom stereocenters. The Morgan fingerprint density at radius 3 is 2.68 bits per heavy atom. The molecule has 1 aromatic heterocycles. The average Bonchev–Trinajstić information content (AvgIpc) is 3.33. The number of halogens is 1. The SMILES string of the molecule is COc1ccc(F)cc1S(=O)(=O)NC(=O)NC[C-]=C1CCCc2cnn(-c3ccc4ccccc4c3)c21.[Hf]. The van der Waals surface area contributed by atoms with Crippen LogP contribution < -0.4 is 14.8 Å². The quantitative estimate of drug-likeness (QED) is 0.230. The molecular weight excluding hydrogens is 674 g/mol. The van der Waals surface area contributed by atoms with Gasteiger partial charge in [0, 0.05) is 37.7 Å². The van der Waals surface area contributed by atoms with E-state index in [-0.39, 0.29) is 38.1 Å². The van der Waals surface area contributed by atoms with Crippen LogP contribution in [0.5, 0.6) is 5.75 Å². The summed E-state index contributed by atoms with van der Waals surface area (Å²) in [5.41, 5.74) is 3.83. The zero-order valence-corrected chi connectivity index (χ0v) is 24.9. The predicted octanol–water partition coefficient (Wildman–Crippen LogP) is 4.38. The number of sulfonamides is 1. The van der Waals surface area contributed by atoms with E-state index >= 15 is 0 Å². The Bertz CT molecular complexity index is 1640. The summed E-state index contributed by atoms with van der Waals surface area (Å²) in [6.45, 7) is -0.0285. The normalized spacial score (nSPS) is 14.0. The summed E-state index contributed by atoms with van der Waals surface area (Å²) in [5.74, 6) is -0.845. The number of hydrogen-bond donors (Lipinski definition) is 2. The molecule has 11 heteroatoms. The number of aryl methyl sites for hydroxylation is 1. The number of nitrogens with zero attached hydrogens (tertiary/aromatic N) is 2. The number of benzene rings is 3. The maximum Gasteiger partial charge on any atom is 0.327 e. The van der Waals surface area contributed by atoms with Gasteiger partial charge in [0.05, 0.1) is 7.11 Å². The minimum absolute atomic E-state index is 0. The summed E-state index contributed by atoms with van der Waals surface area (Å²) >= 11 is 0. The predicted molar refractivity (Wildman–Crippen MR) is 137 cm³/mol. The average molecular weight is 698 g/mol. The van der Waals surface area contributed by atoms with Gasteiger partial charge in [-0.05, 0) is 60.5 Å². The number of urea groups is 1. The Balaban J connectivity index is 0.00000336. The molecule has 0 saturated carbocycles. The van der Waals surface area contributed by atoms with Gasteiger partial charge in [0.2, 0.25) is 0 Å². The molecule has 3 aromatic carbocycles. The van der Waals surface area contributed by atoms with Gasteiger partial charge in [0.25, 0.3) is 10.0 Å². The van der Waals surface area contributed by atoms with E-state index in [1.165, 1.54) is 13.2 Å². The van der Waals surface area contributed by atoms with Crippen molar-refractivity contribution in [2.24, 2.45) is 0 Å². The number of methoxy groups -OCH3 is 1. The third kappa shape index (κ3) is 5.73. The molecule has 38 heavy (non-hydrogen) atoms.